The lowest BCUT2D eigenvalue weighted by atomic mass is 9.86. The highest BCUT2D eigenvalue weighted by molar-refractivity contribution is 6.30. The zero-order valence-corrected chi connectivity index (χ0v) is 11.1. The van der Waals surface area contributed by atoms with Gasteiger partial charge in [-0.1, -0.05) is 32.4 Å². The van der Waals surface area contributed by atoms with Gasteiger partial charge < -0.3 is 9.57 Å². The highest BCUT2D eigenvalue weighted by atomic mass is 35.5. The second-order valence-corrected chi connectivity index (χ2v) is 5.79. The molecular weight excluding hydrogens is 214 g/mol. The van der Waals surface area contributed by atoms with Gasteiger partial charge >= 0.3 is 0 Å². The first kappa shape index (κ1) is 12.8. The molecule has 1 atom stereocenters. The van der Waals surface area contributed by atoms with Gasteiger partial charge in [-0.05, 0) is 19.3 Å². The van der Waals surface area contributed by atoms with Crippen LogP contribution in [0.25, 0.3) is 0 Å². The van der Waals surface area contributed by atoms with Gasteiger partial charge in [0.2, 0.25) is 0 Å². The van der Waals surface area contributed by atoms with Gasteiger partial charge in [0.1, 0.15) is 12.0 Å². The number of nitrogens with zero attached hydrogens (tertiary/aromatic N) is 1. The Hall–Kier alpha value is -0.250. The number of ether oxygens (including phenoxy) is 1. The van der Waals surface area contributed by atoms with Crippen molar-refractivity contribution in [2.24, 2.45) is 5.41 Å². The van der Waals surface area contributed by atoms with E-state index in [2.05, 4.69) is 20.8 Å². The Labute approximate surface area is 96.9 Å². The van der Waals surface area contributed by atoms with Crippen LogP contribution in [0.15, 0.2) is 11.3 Å². The van der Waals surface area contributed by atoms with Crippen LogP contribution in [0.3, 0.4) is 0 Å². The van der Waals surface area contributed by atoms with Crippen molar-refractivity contribution in [1.82, 2.24) is 5.06 Å². The monoisotopic (exact) mass is 233 g/mol. The van der Waals surface area contributed by atoms with Crippen LogP contribution >= 0.6 is 11.6 Å². The molecule has 0 N–H and O–H groups in total. The Kier molecular flexibility index (Phi) is 3.39. The molecule has 0 aromatic heterocycles. The molecule has 0 bridgehead atoms. The smallest absolute Gasteiger partial charge is 0.148 e. The summed E-state index contributed by atoms with van der Waals surface area (Å²) in [6.45, 7) is 10.3. The Bertz CT molecular complexity index is 268. The van der Waals surface area contributed by atoms with E-state index in [1.165, 1.54) is 0 Å². The molecule has 1 rings (SSSR count). The van der Waals surface area contributed by atoms with Crippen LogP contribution in [0.1, 0.15) is 34.6 Å². The number of methoxy groups -OCH3 is 1. The molecule has 0 saturated carbocycles. The van der Waals surface area contributed by atoms with Crippen molar-refractivity contribution in [2.45, 2.75) is 46.4 Å². The zero-order chi connectivity index (χ0) is 11.9. The highest BCUT2D eigenvalue weighted by Gasteiger charge is 2.45. The van der Waals surface area contributed by atoms with Crippen LogP contribution < -0.4 is 0 Å². The normalized spacial score (nSPS) is 23.9. The lowest BCUT2D eigenvalue weighted by molar-refractivity contribution is -0.273. The standard InChI is InChI=1S/C11H20ClNO2/c1-10(2,3)9-8(12)7-15-13(9)11(4,5)14-6/h7,9H,1-6H3. The third kappa shape index (κ3) is 2.47. The summed E-state index contributed by atoms with van der Waals surface area (Å²) in [7, 11) is 1.66. The van der Waals surface area contributed by atoms with Gasteiger partial charge in [-0.2, -0.15) is 0 Å². The zero-order valence-electron chi connectivity index (χ0n) is 10.3. The van der Waals surface area contributed by atoms with Gasteiger partial charge in [0, 0.05) is 7.11 Å². The molecule has 0 radical (unpaired) electrons. The summed E-state index contributed by atoms with van der Waals surface area (Å²) in [6, 6.07) is 0.0223. The van der Waals surface area contributed by atoms with Crippen molar-refractivity contribution < 1.29 is 9.57 Å². The summed E-state index contributed by atoms with van der Waals surface area (Å²) in [6.07, 6.45) is 1.58. The molecule has 1 unspecified atom stereocenters. The Morgan fingerprint density at radius 2 is 1.87 bits per heavy atom. The molecule has 4 heteroatoms. The molecule has 3 nitrogen and oxygen atoms in total. The fourth-order valence-corrected chi connectivity index (χ4v) is 2.09. The largest absolute Gasteiger partial charge is 0.409 e. The SMILES string of the molecule is COC(C)(C)N1OC=C(Cl)C1C(C)(C)C. The second-order valence-electron chi connectivity index (χ2n) is 5.35. The van der Waals surface area contributed by atoms with Gasteiger partial charge in [-0.15, -0.1) is 5.06 Å². The lowest BCUT2D eigenvalue weighted by Crippen LogP contribution is -2.52. The number of hydrogen-bond acceptors (Lipinski definition) is 3. The van der Waals surface area contributed by atoms with Gasteiger partial charge in [0.25, 0.3) is 0 Å². The summed E-state index contributed by atoms with van der Waals surface area (Å²) >= 11 is 6.16. The summed E-state index contributed by atoms with van der Waals surface area (Å²) in [4.78, 5) is 5.47. The number of hydrogen-bond donors (Lipinski definition) is 0. The molecule has 1 aliphatic heterocycles. The third-order valence-corrected chi connectivity index (χ3v) is 2.92. The summed E-state index contributed by atoms with van der Waals surface area (Å²) < 4.78 is 5.40. The van der Waals surface area contributed by atoms with Crippen LogP contribution in [0.4, 0.5) is 0 Å². The Balaban J connectivity index is 2.95. The average molecular weight is 234 g/mol. The molecule has 0 spiro atoms. The Morgan fingerprint density at radius 3 is 2.27 bits per heavy atom. The number of halogens is 1. The van der Waals surface area contributed by atoms with Gasteiger partial charge in [-0.3, -0.25) is 0 Å². The van der Waals surface area contributed by atoms with E-state index in [4.69, 9.17) is 21.2 Å². The first-order valence-electron chi connectivity index (χ1n) is 5.07. The molecule has 88 valence electrons. The predicted molar refractivity (Wildman–Crippen MR) is 61.2 cm³/mol. The molecule has 0 aromatic carbocycles. The Morgan fingerprint density at radius 1 is 1.33 bits per heavy atom. The quantitative estimate of drug-likeness (QED) is 0.732. The first-order valence-corrected chi connectivity index (χ1v) is 5.45. The molecule has 15 heavy (non-hydrogen) atoms. The van der Waals surface area contributed by atoms with E-state index in [1.807, 2.05) is 13.8 Å². The van der Waals surface area contributed by atoms with E-state index >= 15 is 0 Å². The lowest BCUT2D eigenvalue weighted by Gasteiger charge is -2.41. The van der Waals surface area contributed by atoms with Crippen LogP contribution in [-0.4, -0.2) is 23.9 Å². The van der Waals surface area contributed by atoms with Gasteiger partial charge in [0.15, 0.2) is 0 Å². The topological polar surface area (TPSA) is 21.7 Å². The molecule has 0 saturated heterocycles. The van der Waals surface area contributed by atoms with Gasteiger partial charge in [-0.25, -0.2) is 0 Å². The minimum atomic E-state index is -0.495. The average Bonchev–Trinajstić information content (AvgIpc) is 2.46. The summed E-state index contributed by atoms with van der Waals surface area (Å²) in [5.41, 5.74) is -0.495. The van der Waals surface area contributed by atoms with E-state index in [1.54, 1.807) is 18.4 Å². The fourth-order valence-electron chi connectivity index (χ4n) is 1.64. The first-order chi connectivity index (χ1) is 6.70. The number of rotatable bonds is 2. The maximum Gasteiger partial charge on any atom is 0.148 e. The maximum atomic E-state index is 6.16. The van der Waals surface area contributed by atoms with E-state index in [-0.39, 0.29) is 11.5 Å². The van der Waals surface area contributed by atoms with Crippen LogP contribution in [0.5, 0.6) is 0 Å². The van der Waals surface area contributed by atoms with Crippen molar-refractivity contribution in [3.8, 4) is 0 Å². The molecule has 1 heterocycles. The second kappa shape index (κ2) is 3.96. The maximum absolute atomic E-state index is 6.16. The molecule has 1 aliphatic rings. The minimum absolute atomic E-state index is 0.000116. The van der Waals surface area contributed by atoms with Crippen molar-refractivity contribution >= 4 is 11.6 Å². The van der Waals surface area contributed by atoms with Crippen LogP contribution in [0, 0.1) is 5.41 Å². The van der Waals surface area contributed by atoms with E-state index in [0.29, 0.717) is 5.03 Å². The van der Waals surface area contributed by atoms with Crippen LogP contribution in [-0.2, 0) is 9.57 Å². The van der Waals surface area contributed by atoms with Crippen LogP contribution in [0.2, 0.25) is 0 Å². The van der Waals surface area contributed by atoms with Crippen molar-refractivity contribution in [3.05, 3.63) is 11.3 Å². The molecule has 0 aliphatic carbocycles. The van der Waals surface area contributed by atoms with Gasteiger partial charge in [0.05, 0.1) is 11.1 Å². The fraction of sp³-hybridized carbons (Fsp3) is 0.818. The predicted octanol–water partition coefficient (Wildman–Crippen LogP) is 3.11. The summed E-state index contributed by atoms with van der Waals surface area (Å²) in [5.74, 6) is 0. The van der Waals surface area contributed by atoms with Crippen molar-refractivity contribution in [2.75, 3.05) is 7.11 Å². The number of hydroxylamine groups is 2. The minimum Gasteiger partial charge on any atom is -0.409 e. The summed E-state index contributed by atoms with van der Waals surface area (Å²) in [5, 5.41) is 2.52. The molecule has 0 aromatic rings. The third-order valence-electron chi connectivity index (χ3n) is 2.63. The molecule has 0 fully saturated rings. The van der Waals surface area contributed by atoms with E-state index in [0.717, 1.165) is 0 Å². The van der Waals surface area contributed by atoms with Crippen molar-refractivity contribution in [3.63, 3.8) is 0 Å². The van der Waals surface area contributed by atoms with E-state index < -0.39 is 5.72 Å². The molecule has 0 amide bonds. The van der Waals surface area contributed by atoms with E-state index in [9.17, 15) is 0 Å². The molecular formula is C11H20ClNO2. The van der Waals surface area contributed by atoms with Crippen molar-refractivity contribution in [1.29, 1.82) is 0 Å². The highest BCUT2D eigenvalue weighted by Crippen LogP contribution is 2.40.